The van der Waals surface area contributed by atoms with E-state index in [4.69, 9.17) is 9.47 Å². The number of aromatic nitrogens is 1. The van der Waals surface area contributed by atoms with Crippen LogP contribution in [-0.4, -0.2) is 45.6 Å². The molecule has 6 nitrogen and oxygen atoms in total. The monoisotopic (exact) mass is 522 g/mol. The molecular weight excluding hydrogens is 483 g/mol. The van der Waals surface area contributed by atoms with Gasteiger partial charge < -0.3 is 24.5 Å². The fraction of sp³-hybridized carbons (Fsp3) is 0.516. The molecule has 1 aliphatic heterocycles. The first kappa shape index (κ1) is 26.7. The lowest BCUT2D eigenvalue weighted by Crippen LogP contribution is -2.47. The summed E-state index contributed by atoms with van der Waals surface area (Å²) in [6.07, 6.45) is 3.05. The summed E-state index contributed by atoms with van der Waals surface area (Å²) in [7, 11) is 0. The third-order valence-electron chi connectivity index (χ3n) is 8.14. The Morgan fingerprint density at radius 3 is 2.68 bits per heavy atom. The van der Waals surface area contributed by atoms with E-state index in [1.807, 2.05) is 68.3 Å². The topological polar surface area (TPSA) is 74.8 Å². The summed E-state index contributed by atoms with van der Waals surface area (Å²) in [5.74, 6) is 0.518. The van der Waals surface area contributed by atoms with Crippen LogP contribution >= 0.6 is 0 Å². The molecule has 1 saturated carbocycles. The van der Waals surface area contributed by atoms with Gasteiger partial charge in [-0.15, -0.1) is 0 Å². The minimum Gasteiger partial charge on any atom is -0.444 e. The van der Waals surface area contributed by atoms with E-state index >= 15 is 0 Å². The lowest BCUT2D eigenvalue weighted by Gasteiger charge is -2.43. The standard InChI is InChI=1S/C31H39FN2O4/c1-19-17-34(30(36)38-31(2,3)4)29-24(19)12-21(14-28(35)37-18-20-8-6-5-7-9-20)13-25(29)26-16-33-27-15-22(32)10-11-23(26)27/h5-11,15-16,19,21,24-25,28-29,33,35H,12-14,17-18H2,1-4H3. The number of rotatable bonds is 6. The molecule has 1 aromatic heterocycles. The van der Waals surface area contributed by atoms with Gasteiger partial charge in [-0.1, -0.05) is 37.3 Å². The van der Waals surface area contributed by atoms with Crippen molar-refractivity contribution in [2.45, 2.75) is 77.4 Å². The number of nitrogens with one attached hydrogen (secondary N) is 1. The zero-order chi connectivity index (χ0) is 27.0. The molecule has 2 fully saturated rings. The molecule has 3 aromatic rings. The molecule has 6 atom stereocenters. The van der Waals surface area contributed by atoms with E-state index < -0.39 is 11.9 Å². The number of aliphatic hydroxyl groups excluding tert-OH is 1. The molecule has 5 rings (SSSR count). The average Bonchev–Trinajstić information content (AvgIpc) is 3.43. The molecule has 6 unspecified atom stereocenters. The number of ether oxygens (including phenoxy) is 2. The number of carbonyl (C=O) groups excluding carboxylic acids is 1. The van der Waals surface area contributed by atoms with Crippen LogP contribution < -0.4 is 0 Å². The molecular formula is C31H39FN2O4. The number of fused-ring (bicyclic) bond motifs is 2. The van der Waals surface area contributed by atoms with Gasteiger partial charge in [-0.3, -0.25) is 0 Å². The van der Waals surface area contributed by atoms with Gasteiger partial charge in [-0.2, -0.15) is 0 Å². The van der Waals surface area contributed by atoms with Gasteiger partial charge in [0.2, 0.25) is 0 Å². The molecule has 2 heterocycles. The number of nitrogens with zero attached hydrogens (tertiary/aromatic N) is 1. The number of aromatic amines is 1. The van der Waals surface area contributed by atoms with Crippen LogP contribution in [0.4, 0.5) is 9.18 Å². The Bertz CT molecular complexity index is 1250. The number of benzene rings is 2. The van der Waals surface area contributed by atoms with E-state index in [-0.39, 0.29) is 35.7 Å². The highest BCUT2D eigenvalue weighted by molar-refractivity contribution is 5.84. The fourth-order valence-corrected chi connectivity index (χ4v) is 6.57. The lowest BCUT2D eigenvalue weighted by molar-refractivity contribution is -0.123. The Morgan fingerprint density at radius 2 is 1.95 bits per heavy atom. The summed E-state index contributed by atoms with van der Waals surface area (Å²) < 4.78 is 25.6. The predicted octanol–water partition coefficient (Wildman–Crippen LogP) is 6.60. The summed E-state index contributed by atoms with van der Waals surface area (Å²) >= 11 is 0. The van der Waals surface area contributed by atoms with Crippen LogP contribution in [0.1, 0.15) is 64.0 Å². The Kier molecular flexibility index (Phi) is 7.51. The Hall–Kier alpha value is -2.90. The lowest BCUT2D eigenvalue weighted by atomic mass is 9.66. The van der Waals surface area contributed by atoms with E-state index in [0.29, 0.717) is 25.5 Å². The van der Waals surface area contributed by atoms with Crippen molar-refractivity contribution < 1.29 is 23.8 Å². The highest BCUT2D eigenvalue weighted by Crippen LogP contribution is 2.51. The van der Waals surface area contributed by atoms with Crippen molar-refractivity contribution in [2.75, 3.05) is 6.54 Å². The molecule has 0 radical (unpaired) electrons. The van der Waals surface area contributed by atoms with Crippen molar-refractivity contribution in [1.82, 2.24) is 9.88 Å². The van der Waals surface area contributed by atoms with Crippen LogP contribution in [-0.2, 0) is 16.1 Å². The molecule has 2 N–H and O–H groups in total. The Labute approximate surface area is 224 Å². The van der Waals surface area contributed by atoms with Crippen LogP contribution in [0.3, 0.4) is 0 Å². The second-order valence-electron chi connectivity index (χ2n) is 12.1. The number of likely N-dealkylation sites (tertiary alicyclic amines) is 1. The summed E-state index contributed by atoms with van der Waals surface area (Å²) in [5, 5.41) is 11.8. The average molecular weight is 523 g/mol. The molecule has 204 valence electrons. The van der Waals surface area contributed by atoms with Gasteiger partial charge in [0.1, 0.15) is 11.4 Å². The molecule has 7 heteroatoms. The summed E-state index contributed by atoms with van der Waals surface area (Å²) in [4.78, 5) is 18.5. The number of carbonyl (C=O) groups is 1. The summed E-state index contributed by atoms with van der Waals surface area (Å²) in [5.41, 5.74) is 2.28. The van der Waals surface area contributed by atoms with Crippen LogP contribution in [0.5, 0.6) is 0 Å². The molecule has 2 aromatic carbocycles. The fourth-order valence-electron chi connectivity index (χ4n) is 6.57. The van der Waals surface area contributed by atoms with Crippen molar-refractivity contribution >= 4 is 17.0 Å². The number of halogens is 1. The number of hydrogen-bond acceptors (Lipinski definition) is 4. The van der Waals surface area contributed by atoms with E-state index in [1.54, 1.807) is 0 Å². The minimum absolute atomic E-state index is 0.0248. The van der Waals surface area contributed by atoms with Crippen LogP contribution in [0.25, 0.3) is 10.9 Å². The third-order valence-corrected chi connectivity index (χ3v) is 8.14. The van der Waals surface area contributed by atoms with Gasteiger partial charge in [-0.25, -0.2) is 9.18 Å². The van der Waals surface area contributed by atoms with Gasteiger partial charge in [-0.05, 0) is 80.7 Å². The van der Waals surface area contributed by atoms with E-state index in [1.165, 1.54) is 12.1 Å². The van der Waals surface area contributed by atoms with E-state index in [9.17, 15) is 14.3 Å². The number of H-pyrrole nitrogens is 1. The van der Waals surface area contributed by atoms with Crippen LogP contribution in [0.2, 0.25) is 0 Å². The van der Waals surface area contributed by atoms with Crippen molar-refractivity contribution in [3.05, 3.63) is 71.7 Å². The van der Waals surface area contributed by atoms with Gasteiger partial charge in [0.05, 0.1) is 6.61 Å². The molecule has 0 bridgehead atoms. The first-order chi connectivity index (χ1) is 18.1. The predicted molar refractivity (Wildman–Crippen MR) is 145 cm³/mol. The number of aliphatic hydroxyl groups is 1. The van der Waals surface area contributed by atoms with Crippen LogP contribution in [0, 0.1) is 23.6 Å². The summed E-state index contributed by atoms with van der Waals surface area (Å²) in [6, 6.07) is 14.6. The Balaban J connectivity index is 1.41. The highest BCUT2D eigenvalue weighted by Gasteiger charge is 2.51. The maximum atomic E-state index is 13.9. The van der Waals surface area contributed by atoms with Crippen molar-refractivity contribution in [3.8, 4) is 0 Å². The second-order valence-corrected chi connectivity index (χ2v) is 12.1. The van der Waals surface area contributed by atoms with Gasteiger partial charge in [0, 0.05) is 42.0 Å². The van der Waals surface area contributed by atoms with Gasteiger partial charge in [0.15, 0.2) is 6.29 Å². The maximum absolute atomic E-state index is 13.9. The normalized spacial score (nSPS) is 26.4. The first-order valence-electron chi connectivity index (χ1n) is 13.7. The van der Waals surface area contributed by atoms with Crippen LogP contribution in [0.15, 0.2) is 54.7 Å². The van der Waals surface area contributed by atoms with E-state index in [2.05, 4.69) is 11.9 Å². The molecule has 1 aliphatic carbocycles. The second kappa shape index (κ2) is 10.7. The molecule has 1 saturated heterocycles. The Morgan fingerprint density at radius 1 is 1.18 bits per heavy atom. The van der Waals surface area contributed by atoms with Gasteiger partial charge in [0.25, 0.3) is 0 Å². The number of amides is 1. The van der Waals surface area contributed by atoms with Crippen molar-refractivity contribution in [1.29, 1.82) is 0 Å². The zero-order valence-corrected chi connectivity index (χ0v) is 22.7. The minimum atomic E-state index is -0.867. The summed E-state index contributed by atoms with van der Waals surface area (Å²) in [6.45, 7) is 8.87. The molecule has 2 aliphatic rings. The molecule has 38 heavy (non-hydrogen) atoms. The smallest absolute Gasteiger partial charge is 0.410 e. The van der Waals surface area contributed by atoms with Crippen molar-refractivity contribution in [2.24, 2.45) is 17.8 Å². The zero-order valence-electron chi connectivity index (χ0n) is 22.7. The first-order valence-corrected chi connectivity index (χ1v) is 13.7. The number of hydrogen-bond donors (Lipinski definition) is 2. The largest absolute Gasteiger partial charge is 0.444 e. The molecule has 1 amide bonds. The van der Waals surface area contributed by atoms with E-state index in [0.717, 1.165) is 34.9 Å². The third kappa shape index (κ3) is 5.74. The van der Waals surface area contributed by atoms with Crippen molar-refractivity contribution in [3.63, 3.8) is 0 Å². The quantitative estimate of drug-likeness (QED) is 0.358. The maximum Gasteiger partial charge on any atom is 0.410 e. The molecule has 0 spiro atoms. The van der Waals surface area contributed by atoms with Gasteiger partial charge >= 0.3 is 6.09 Å². The SMILES string of the molecule is CC1CN(C(=O)OC(C)(C)C)C2C(c3c[nH]c4cc(F)ccc34)CC(CC(O)OCc3ccccc3)CC12. The highest BCUT2D eigenvalue weighted by atomic mass is 19.1.